The summed E-state index contributed by atoms with van der Waals surface area (Å²) in [7, 11) is 0. The van der Waals surface area contributed by atoms with E-state index in [2.05, 4.69) is 15.3 Å². The molecule has 2 aromatic carbocycles. The van der Waals surface area contributed by atoms with E-state index in [0.29, 0.717) is 40.2 Å². The van der Waals surface area contributed by atoms with E-state index in [0.717, 1.165) is 11.3 Å². The van der Waals surface area contributed by atoms with Gasteiger partial charge in [0.05, 0.1) is 11.4 Å². The van der Waals surface area contributed by atoms with Crippen molar-refractivity contribution in [3.8, 4) is 34.0 Å². The number of hydrogen-bond donors (Lipinski definition) is 2. The fraction of sp³-hybridized carbons (Fsp3) is 0.125. The van der Waals surface area contributed by atoms with Crippen LogP contribution < -0.4 is 10.1 Å². The zero-order chi connectivity index (χ0) is 28.2. The third-order valence-corrected chi connectivity index (χ3v) is 6.44. The molecule has 0 bridgehead atoms. The average Bonchev–Trinajstić information content (AvgIpc) is 3.26. The number of rotatable bonds is 9. The average molecular weight is 537 g/mol. The molecule has 0 amide bonds. The zero-order valence-corrected chi connectivity index (χ0v) is 22.0. The molecule has 3 aromatic rings. The second-order valence-corrected chi connectivity index (χ2v) is 9.31. The van der Waals surface area contributed by atoms with Gasteiger partial charge in [-0.3, -0.25) is 9.78 Å². The van der Waals surface area contributed by atoms with Crippen molar-refractivity contribution in [2.24, 2.45) is 0 Å². The molecule has 0 saturated heterocycles. The predicted molar refractivity (Wildman–Crippen MR) is 152 cm³/mol. The summed E-state index contributed by atoms with van der Waals surface area (Å²) in [4.78, 5) is 21.1. The van der Waals surface area contributed by atoms with E-state index in [1.807, 2.05) is 37.3 Å². The van der Waals surface area contributed by atoms with Crippen LogP contribution in [0.25, 0.3) is 22.4 Å². The molecule has 2 heterocycles. The molecule has 0 atom stereocenters. The number of Topliss-reactive ketones (excluding diaryl/α,β-unsaturated/α-hetero) is 1. The third-order valence-electron chi connectivity index (χ3n) is 6.44. The van der Waals surface area contributed by atoms with Gasteiger partial charge in [-0.2, -0.15) is 4.39 Å². The predicted octanol–water partition coefficient (Wildman–Crippen LogP) is 8.24. The molecule has 8 heteroatoms. The largest absolute Gasteiger partial charge is 0.436 e. The highest BCUT2D eigenvalue weighted by Crippen LogP contribution is 2.40. The van der Waals surface area contributed by atoms with Crippen LogP contribution in [0, 0.1) is 17.0 Å². The van der Waals surface area contributed by atoms with Gasteiger partial charge in [0.15, 0.2) is 17.3 Å². The first-order valence-corrected chi connectivity index (χ1v) is 12.8. The van der Waals surface area contributed by atoms with E-state index in [1.165, 1.54) is 24.5 Å². The Morgan fingerprint density at radius 2 is 1.73 bits per heavy atom. The number of halogens is 2. The summed E-state index contributed by atoms with van der Waals surface area (Å²) < 4.78 is 35.7. The molecule has 1 aliphatic carbocycles. The number of carbonyl (C=O) groups excluding carboxylic acids is 1. The molecule has 0 spiro atoms. The first kappa shape index (κ1) is 26.6. The number of pyridine rings is 1. The van der Waals surface area contributed by atoms with Gasteiger partial charge in [0.25, 0.3) is 0 Å². The monoisotopic (exact) mass is 536 g/mol. The molecule has 5 rings (SSSR count). The molecular formula is C32H26F2N4O2. The normalized spacial score (nSPS) is 10.9. The summed E-state index contributed by atoms with van der Waals surface area (Å²) >= 11 is 0. The Morgan fingerprint density at radius 3 is 2.48 bits per heavy atom. The van der Waals surface area contributed by atoms with Crippen LogP contribution in [0.4, 0.5) is 20.2 Å². The smallest absolute Gasteiger partial charge is 0.219 e. The van der Waals surface area contributed by atoms with Crippen molar-refractivity contribution in [1.29, 1.82) is 5.41 Å². The summed E-state index contributed by atoms with van der Waals surface area (Å²) in [5, 5.41) is 11.0. The second kappa shape index (κ2) is 11.4. The number of fused-ring (bicyclic) bond motifs is 1. The minimum atomic E-state index is -1.11. The van der Waals surface area contributed by atoms with Crippen LogP contribution in [0.15, 0.2) is 85.2 Å². The van der Waals surface area contributed by atoms with Crippen LogP contribution in [0.1, 0.15) is 36.2 Å². The lowest BCUT2D eigenvalue weighted by Crippen LogP contribution is -2.08. The number of ether oxygens (including phenoxy) is 1. The van der Waals surface area contributed by atoms with E-state index in [-0.39, 0.29) is 29.4 Å². The number of aryl methyl sites for hydroxylation is 1. The topological polar surface area (TPSA) is 88.0 Å². The fourth-order valence-electron chi connectivity index (χ4n) is 4.54. The van der Waals surface area contributed by atoms with Crippen molar-refractivity contribution in [3.63, 3.8) is 0 Å². The van der Waals surface area contributed by atoms with Gasteiger partial charge in [0.2, 0.25) is 11.7 Å². The lowest BCUT2D eigenvalue weighted by atomic mass is 9.97. The molecule has 40 heavy (non-hydrogen) atoms. The number of aromatic nitrogens is 2. The Bertz CT molecular complexity index is 1690. The molecule has 0 saturated carbocycles. The Morgan fingerprint density at radius 1 is 0.925 bits per heavy atom. The number of nitrogens with zero attached hydrogens (tertiary/aromatic N) is 2. The third kappa shape index (κ3) is 5.42. The number of hydrogen-bond acceptors (Lipinski definition) is 6. The Labute approximate surface area is 230 Å². The summed E-state index contributed by atoms with van der Waals surface area (Å²) in [6.45, 7) is 3.59. The minimum Gasteiger partial charge on any atom is -0.436 e. The molecule has 200 valence electrons. The number of ketones is 1. The van der Waals surface area contributed by atoms with Crippen molar-refractivity contribution in [3.05, 3.63) is 108 Å². The molecule has 6 nitrogen and oxygen atoms in total. The fourth-order valence-corrected chi connectivity index (χ4v) is 4.54. The molecule has 1 aliphatic heterocycles. The standard InChI is InChI=1S/C32H26F2N4O2/c1-3-20-17-21(11-12-22(20)27(39)16-19(2)35)38-26-9-5-4-8-24-25(18-37-32(24)26)23-13-14-28(31(34)30(23)33)40-29-10-6-7-15-36-29/h4-15,17-18,35,38H,3,16H2,1-2H3. The van der Waals surface area contributed by atoms with Crippen LogP contribution >= 0.6 is 0 Å². The maximum Gasteiger partial charge on any atom is 0.219 e. The van der Waals surface area contributed by atoms with Crippen LogP contribution in [0.2, 0.25) is 0 Å². The van der Waals surface area contributed by atoms with Gasteiger partial charge in [0.1, 0.15) is 0 Å². The molecule has 0 radical (unpaired) electrons. The van der Waals surface area contributed by atoms with E-state index < -0.39 is 11.6 Å². The highest BCUT2D eigenvalue weighted by molar-refractivity contribution is 6.09. The quantitative estimate of drug-likeness (QED) is 0.146. The molecule has 2 N–H and O–H groups in total. The number of nitrogens with one attached hydrogen (secondary N) is 2. The minimum absolute atomic E-state index is 0.0585. The van der Waals surface area contributed by atoms with Crippen LogP contribution in [-0.4, -0.2) is 21.5 Å². The van der Waals surface area contributed by atoms with Gasteiger partial charge in [0, 0.05) is 58.5 Å². The summed E-state index contributed by atoms with van der Waals surface area (Å²) in [6.07, 6.45) is 3.76. The van der Waals surface area contributed by atoms with Gasteiger partial charge in [-0.1, -0.05) is 31.2 Å². The lowest BCUT2D eigenvalue weighted by Gasteiger charge is -2.13. The Balaban J connectivity index is 1.45. The molecule has 2 aliphatic rings. The molecule has 0 fully saturated rings. The van der Waals surface area contributed by atoms with E-state index >= 15 is 8.78 Å². The highest BCUT2D eigenvalue weighted by atomic mass is 19.2. The van der Waals surface area contributed by atoms with Crippen molar-refractivity contribution in [2.75, 3.05) is 5.32 Å². The summed E-state index contributed by atoms with van der Waals surface area (Å²) in [5.74, 6) is -2.35. The number of benzene rings is 2. The van der Waals surface area contributed by atoms with E-state index in [4.69, 9.17) is 10.1 Å². The van der Waals surface area contributed by atoms with Gasteiger partial charge >= 0.3 is 0 Å². The van der Waals surface area contributed by atoms with Crippen molar-refractivity contribution in [2.45, 2.75) is 26.7 Å². The maximum atomic E-state index is 15.3. The van der Waals surface area contributed by atoms with Gasteiger partial charge in [-0.05, 0) is 61.4 Å². The molecular weight excluding hydrogens is 510 g/mol. The van der Waals surface area contributed by atoms with Crippen LogP contribution in [0.3, 0.4) is 0 Å². The van der Waals surface area contributed by atoms with Crippen molar-refractivity contribution in [1.82, 2.24) is 9.97 Å². The highest BCUT2D eigenvalue weighted by Gasteiger charge is 2.22. The van der Waals surface area contributed by atoms with Crippen molar-refractivity contribution >= 4 is 22.9 Å². The maximum absolute atomic E-state index is 15.3. The van der Waals surface area contributed by atoms with Gasteiger partial charge < -0.3 is 15.5 Å². The second-order valence-electron chi connectivity index (χ2n) is 9.31. The Hall–Kier alpha value is -4.98. The molecule has 0 unspecified atom stereocenters. The first-order valence-electron chi connectivity index (χ1n) is 12.8. The van der Waals surface area contributed by atoms with E-state index in [9.17, 15) is 4.79 Å². The SMILES string of the molecule is CCc1cc(Nc2ccccc3c(-c4ccc(Oc5ccccn5)c(F)c4F)cnc2-3)ccc1C(=O)CC(C)=N. The zero-order valence-electron chi connectivity index (χ0n) is 22.0. The first-order chi connectivity index (χ1) is 19.4. The molecule has 1 aromatic heterocycles. The van der Waals surface area contributed by atoms with Crippen LogP contribution in [0.5, 0.6) is 11.6 Å². The van der Waals surface area contributed by atoms with Crippen LogP contribution in [-0.2, 0) is 6.42 Å². The lowest BCUT2D eigenvalue weighted by molar-refractivity contribution is 0.0999. The van der Waals surface area contributed by atoms with E-state index in [1.54, 1.807) is 37.3 Å². The van der Waals surface area contributed by atoms with Gasteiger partial charge in [-0.25, -0.2) is 9.37 Å². The van der Waals surface area contributed by atoms with Crippen molar-refractivity contribution < 1.29 is 18.3 Å². The number of anilines is 2. The Kier molecular flexibility index (Phi) is 7.59. The number of carbonyl (C=O) groups is 1. The summed E-state index contributed by atoms with van der Waals surface area (Å²) in [5.41, 5.74) is 4.91. The van der Waals surface area contributed by atoms with Gasteiger partial charge in [-0.15, -0.1) is 0 Å². The summed E-state index contributed by atoms with van der Waals surface area (Å²) in [6, 6.07) is 20.6.